The number of carbonyl (C=O) groups excluding carboxylic acids is 1. The van der Waals surface area contributed by atoms with Gasteiger partial charge >= 0.3 is 0 Å². The van der Waals surface area contributed by atoms with Crippen molar-refractivity contribution in [2.24, 2.45) is 12.5 Å². The second kappa shape index (κ2) is 13.0. The van der Waals surface area contributed by atoms with Gasteiger partial charge in [0.25, 0.3) is 0 Å². The predicted octanol–water partition coefficient (Wildman–Crippen LogP) is 7.54. The van der Waals surface area contributed by atoms with Gasteiger partial charge < -0.3 is 19.6 Å². The molecule has 7 nitrogen and oxygen atoms in total. The van der Waals surface area contributed by atoms with Gasteiger partial charge in [-0.3, -0.25) is 0 Å². The standard InChI is InChI=1S/C36H38F2N4O3S/c1-35(2)13-14-36(21-44,24-8-4-6-23(18-24)7-5-16-43)34-40-33(42(3)41-34)28-19-25(9-10-29(28)37)45-32-27(12-17-46-22-35)26-11-15-39-31(26)20-30(32)38/h4,6,8-11,15-16,18-20,39,44H,5,7,12-14,17,21-22H2,1-3H3. The number of aromatic amines is 1. The minimum Gasteiger partial charge on any atom is -0.454 e. The van der Waals surface area contributed by atoms with Crippen molar-refractivity contribution in [3.05, 3.63) is 94.9 Å². The smallest absolute Gasteiger partial charge is 0.168 e. The molecule has 0 amide bonds. The van der Waals surface area contributed by atoms with E-state index in [4.69, 9.17) is 14.8 Å². The Labute approximate surface area is 271 Å². The molecule has 0 radical (unpaired) electrons. The quantitative estimate of drug-likeness (QED) is 0.192. The summed E-state index contributed by atoms with van der Waals surface area (Å²) in [5.74, 6) is 1.58. The Kier molecular flexibility index (Phi) is 9.03. The Morgan fingerprint density at radius 3 is 2.76 bits per heavy atom. The number of hydrogen-bond acceptors (Lipinski definition) is 6. The number of halogens is 2. The Balaban J connectivity index is 1.51. The Morgan fingerprint density at radius 1 is 1.11 bits per heavy atom. The molecule has 0 saturated carbocycles. The molecule has 10 heteroatoms. The third-order valence-electron chi connectivity index (χ3n) is 8.97. The van der Waals surface area contributed by atoms with Crippen LogP contribution in [0.25, 0.3) is 22.3 Å². The van der Waals surface area contributed by atoms with Crippen molar-refractivity contribution in [2.45, 2.75) is 51.4 Å². The van der Waals surface area contributed by atoms with E-state index in [1.807, 2.05) is 30.3 Å². The fourth-order valence-electron chi connectivity index (χ4n) is 6.28. The van der Waals surface area contributed by atoms with Crippen molar-refractivity contribution in [3.8, 4) is 22.9 Å². The van der Waals surface area contributed by atoms with Gasteiger partial charge in [0.1, 0.15) is 17.9 Å². The highest BCUT2D eigenvalue weighted by molar-refractivity contribution is 7.99. The summed E-state index contributed by atoms with van der Waals surface area (Å²) in [6, 6.07) is 15.5. The highest BCUT2D eigenvalue weighted by atomic mass is 32.2. The van der Waals surface area contributed by atoms with E-state index in [-0.39, 0.29) is 34.9 Å². The Bertz CT molecular complexity index is 1880. The summed E-state index contributed by atoms with van der Waals surface area (Å²) in [5.41, 5.74) is 2.31. The van der Waals surface area contributed by atoms with Gasteiger partial charge in [-0.05, 0) is 78.0 Å². The van der Waals surface area contributed by atoms with E-state index in [1.165, 1.54) is 28.9 Å². The number of benzene rings is 3. The first-order chi connectivity index (χ1) is 22.1. The number of aromatic nitrogens is 4. The molecule has 3 aromatic carbocycles. The van der Waals surface area contributed by atoms with E-state index < -0.39 is 17.0 Å². The van der Waals surface area contributed by atoms with Crippen LogP contribution in [0.15, 0.2) is 60.8 Å². The third-order valence-corrected chi connectivity index (χ3v) is 10.5. The highest BCUT2D eigenvalue weighted by Gasteiger charge is 2.40. The monoisotopic (exact) mass is 644 g/mol. The van der Waals surface area contributed by atoms with Crippen molar-refractivity contribution in [3.63, 3.8) is 0 Å². The van der Waals surface area contributed by atoms with Crippen LogP contribution in [0.3, 0.4) is 0 Å². The summed E-state index contributed by atoms with van der Waals surface area (Å²) in [6.45, 7) is 4.15. The number of aryl methyl sites for hydroxylation is 3. The number of thioether (sulfide) groups is 1. The molecular weight excluding hydrogens is 606 g/mol. The number of carbonyl (C=O) groups is 1. The summed E-state index contributed by atoms with van der Waals surface area (Å²) in [7, 11) is 1.69. The van der Waals surface area contributed by atoms with Crippen LogP contribution in [0.4, 0.5) is 8.78 Å². The topological polar surface area (TPSA) is 93.0 Å². The second-order valence-electron chi connectivity index (χ2n) is 12.8. The van der Waals surface area contributed by atoms with Gasteiger partial charge in [-0.15, -0.1) is 0 Å². The maximum Gasteiger partial charge on any atom is 0.168 e. The van der Waals surface area contributed by atoms with Gasteiger partial charge in [-0.1, -0.05) is 38.1 Å². The van der Waals surface area contributed by atoms with Crippen LogP contribution in [0.5, 0.6) is 11.5 Å². The van der Waals surface area contributed by atoms with Crippen molar-refractivity contribution in [1.82, 2.24) is 19.7 Å². The molecule has 46 heavy (non-hydrogen) atoms. The molecule has 240 valence electrons. The zero-order valence-electron chi connectivity index (χ0n) is 26.3. The van der Waals surface area contributed by atoms with Crippen molar-refractivity contribution in [1.29, 1.82) is 0 Å². The van der Waals surface area contributed by atoms with Gasteiger partial charge in [-0.2, -0.15) is 16.9 Å². The average Bonchev–Trinajstić information content (AvgIpc) is 3.67. The normalized spacial score (nSPS) is 18.5. The molecule has 3 heterocycles. The predicted molar refractivity (Wildman–Crippen MR) is 177 cm³/mol. The molecule has 0 aliphatic carbocycles. The fourth-order valence-corrected chi connectivity index (χ4v) is 7.47. The molecule has 4 bridgehead atoms. The van der Waals surface area contributed by atoms with Crippen LogP contribution in [-0.2, 0) is 30.1 Å². The zero-order chi connectivity index (χ0) is 32.5. The van der Waals surface area contributed by atoms with Crippen molar-refractivity contribution in [2.75, 3.05) is 18.1 Å². The number of nitrogens with one attached hydrogen (secondary N) is 1. The summed E-state index contributed by atoms with van der Waals surface area (Å²) in [6.07, 6.45) is 5.53. The summed E-state index contributed by atoms with van der Waals surface area (Å²) in [4.78, 5) is 19.1. The number of hydrogen-bond donors (Lipinski definition) is 2. The van der Waals surface area contributed by atoms with Gasteiger partial charge in [0, 0.05) is 42.2 Å². The molecule has 2 aromatic heterocycles. The first-order valence-electron chi connectivity index (χ1n) is 15.5. The second-order valence-corrected chi connectivity index (χ2v) is 13.9. The molecule has 2 N–H and O–H groups in total. The maximum absolute atomic E-state index is 15.6. The van der Waals surface area contributed by atoms with Crippen LogP contribution in [0, 0.1) is 17.0 Å². The minimum atomic E-state index is -0.979. The van der Waals surface area contributed by atoms with Gasteiger partial charge in [0.2, 0.25) is 0 Å². The fraction of sp³-hybridized carbons (Fsp3) is 0.361. The Hall–Kier alpha value is -4.02. The molecule has 6 rings (SSSR count). The first-order valence-corrected chi connectivity index (χ1v) is 16.7. The Morgan fingerprint density at radius 2 is 1.96 bits per heavy atom. The van der Waals surface area contributed by atoms with E-state index in [9.17, 15) is 9.90 Å². The van der Waals surface area contributed by atoms with Crippen molar-refractivity contribution >= 4 is 29.0 Å². The molecule has 1 atom stereocenters. The molecule has 1 aliphatic heterocycles. The zero-order valence-corrected chi connectivity index (χ0v) is 27.1. The van der Waals surface area contributed by atoms with E-state index in [0.717, 1.165) is 46.3 Å². The van der Waals surface area contributed by atoms with Gasteiger partial charge in [0.05, 0.1) is 17.6 Å². The lowest BCUT2D eigenvalue weighted by Gasteiger charge is -2.34. The van der Waals surface area contributed by atoms with E-state index in [2.05, 4.69) is 18.8 Å². The van der Waals surface area contributed by atoms with E-state index in [0.29, 0.717) is 37.0 Å². The van der Waals surface area contributed by atoms with Crippen LogP contribution >= 0.6 is 11.8 Å². The molecule has 0 saturated heterocycles. The lowest BCUT2D eigenvalue weighted by atomic mass is 9.72. The molecular formula is C36H38F2N4O3S. The third kappa shape index (κ3) is 6.20. The minimum absolute atomic E-state index is 0.126. The van der Waals surface area contributed by atoms with Gasteiger partial charge in [0.15, 0.2) is 23.2 Å². The molecule has 0 fully saturated rings. The molecule has 1 aliphatic rings. The van der Waals surface area contributed by atoms with Gasteiger partial charge in [-0.25, -0.2) is 18.4 Å². The van der Waals surface area contributed by atoms with Crippen LogP contribution in [0.2, 0.25) is 0 Å². The number of aliphatic hydroxyl groups excluding tert-OH is 1. The number of H-pyrrole nitrogens is 1. The van der Waals surface area contributed by atoms with E-state index in [1.54, 1.807) is 25.0 Å². The first kappa shape index (κ1) is 31.9. The summed E-state index contributed by atoms with van der Waals surface area (Å²) >= 11 is 1.79. The SMILES string of the molecule is Cn1nc2nc1-c1cc(ccc1F)Oc1c(F)cc3[nH]ccc3c1CCSCC(C)(C)CCC2(CO)c1cccc(CCC=O)c1. The lowest BCUT2D eigenvalue weighted by molar-refractivity contribution is -0.107. The highest BCUT2D eigenvalue weighted by Crippen LogP contribution is 2.42. The summed E-state index contributed by atoms with van der Waals surface area (Å²) < 4.78 is 38.8. The van der Waals surface area contributed by atoms with Crippen LogP contribution in [0.1, 0.15) is 55.6 Å². The van der Waals surface area contributed by atoms with Crippen LogP contribution < -0.4 is 4.74 Å². The maximum atomic E-state index is 15.6. The average molecular weight is 645 g/mol. The number of rotatable bonds is 5. The molecule has 0 spiro atoms. The van der Waals surface area contributed by atoms with E-state index >= 15 is 8.78 Å². The molecule has 1 unspecified atom stereocenters. The number of fused-ring (bicyclic) bond motifs is 8. The number of aldehydes is 1. The van der Waals surface area contributed by atoms with Crippen LogP contribution in [-0.4, -0.2) is 49.3 Å². The van der Waals surface area contributed by atoms with Crippen molar-refractivity contribution < 1.29 is 23.4 Å². The number of ether oxygens (including phenoxy) is 1. The number of nitrogens with zero attached hydrogens (tertiary/aromatic N) is 3. The number of aliphatic hydroxyl groups is 1. The largest absolute Gasteiger partial charge is 0.454 e. The lowest BCUT2D eigenvalue weighted by Crippen LogP contribution is -2.35. The molecule has 5 aromatic rings. The summed E-state index contributed by atoms with van der Waals surface area (Å²) in [5, 5.41) is 16.9.